The molecule has 0 saturated heterocycles. The first-order valence-electron chi connectivity index (χ1n) is 6.47. The van der Waals surface area contributed by atoms with Crippen LogP contribution in [0, 0.1) is 5.82 Å². The Labute approximate surface area is 119 Å². The molecule has 0 fully saturated rings. The number of nitrogens with zero attached hydrogens (tertiary/aromatic N) is 1. The lowest BCUT2D eigenvalue weighted by Gasteiger charge is -2.22. The quantitative estimate of drug-likeness (QED) is 0.696. The smallest absolute Gasteiger partial charge is 0.340 e. The van der Waals surface area contributed by atoms with Crippen LogP contribution in [0.2, 0.25) is 0 Å². The Hall–Kier alpha value is -2.69. The van der Waals surface area contributed by atoms with Gasteiger partial charge in [-0.1, -0.05) is 24.3 Å². The van der Waals surface area contributed by atoms with E-state index in [4.69, 9.17) is 4.74 Å². The molecule has 2 aliphatic rings. The molecule has 0 saturated carbocycles. The molecule has 2 heterocycles. The van der Waals surface area contributed by atoms with E-state index in [0.29, 0.717) is 16.8 Å². The number of para-hydroxylation sites is 1. The van der Waals surface area contributed by atoms with Crippen LogP contribution in [0.1, 0.15) is 21.5 Å². The Bertz CT molecular complexity index is 817. The Morgan fingerprint density at radius 3 is 2.67 bits per heavy atom. The summed E-state index contributed by atoms with van der Waals surface area (Å²) in [5, 5.41) is 0. The van der Waals surface area contributed by atoms with Crippen LogP contribution in [0.25, 0.3) is 0 Å². The molecular formula is C16H10FNO3. The molecule has 2 aromatic rings. The number of benzene rings is 2. The largest absolute Gasteiger partial charge is 0.435 e. The summed E-state index contributed by atoms with van der Waals surface area (Å²) in [6.07, 6.45) is 0. The minimum absolute atomic E-state index is 0.105. The molecular weight excluding hydrogens is 273 g/mol. The summed E-state index contributed by atoms with van der Waals surface area (Å²) < 4.78 is 18.8. The summed E-state index contributed by atoms with van der Waals surface area (Å²) in [5.74, 6) is -1.56. The first-order chi connectivity index (χ1) is 10.1. The fourth-order valence-electron chi connectivity index (χ4n) is 3.12. The molecule has 1 unspecified atom stereocenters. The predicted octanol–water partition coefficient (Wildman–Crippen LogP) is 2.22. The molecule has 2 aliphatic heterocycles. The van der Waals surface area contributed by atoms with Crippen molar-refractivity contribution >= 4 is 17.6 Å². The summed E-state index contributed by atoms with van der Waals surface area (Å²) in [6, 6.07) is 10.9. The van der Waals surface area contributed by atoms with Gasteiger partial charge >= 0.3 is 5.97 Å². The van der Waals surface area contributed by atoms with Crippen LogP contribution in [0.15, 0.2) is 42.5 Å². The monoisotopic (exact) mass is 283 g/mol. The fourth-order valence-corrected chi connectivity index (χ4v) is 3.12. The lowest BCUT2D eigenvalue weighted by molar-refractivity contribution is -0.131. The highest BCUT2D eigenvalue weighted by atomic mass is 19.1. The van der Waals surface area contributed by atoms with Crippen LogP contribution in [-0.4, -0.2) is 18.9 Å². The zero-order chi connectivity index (χ0) is 14.8. The molecule has 104 valence electrons. The third-order valence-electron chi connectivity index (χ3n) is 4.08. The van der Waals surface area contributed by atoms with E-state index in [0.717, 1.165) is 6.07 Å². The standard InChI is InChI=1S/C16H10FNO3/c1-18-13-5-3-2-4-12(13)16(15(18)20)11-7-6-9(17)8-10(11)14(19)21-16/h2-8H,1H3. The number of fused-ring (bicyclic) bond motifs is 4. The molecule has 21 heavy (non-hydrogen) atoms. The third-order valence-corrected chi connectivity index (χ3v) is 4.08. The number of esters is 1. The van der Waals surface area contributed by atoms with Crippen molar-refractivity contribution in [1.82, 2.24) is 0 Å². The van der Waals surface area contributed by atoms with Crippen molar-refractivity contribution in [3.8, 4) is 0 Å². The van der Waals surface area contributed by atoms with Crippen LogP contribution in [0.3, 0.4) is 0 Å². The number of likely N-dealkylation sites (N-methyl/N-ethyl adjacent to an activating group) is 1. The van der Waals surface area contributed by atoms with E-state index in [2.05, 4.69) is 0 Å². The van der Waals surface area contributed by atoms with Gasteiger partial charge in [0.1, 0.15) is 5.82 Å². The molecule has 5 heteroatoms. The highest BCUT2D eigenvalue weighted by Gasteiger charge is 2.59. The van der Waals surface area contributed by atoms with Crippen molar-refractivity contribution in [3.63, 3.8) is 0 Å². The topological polar surface area (TPSA) is 46.6 Å². The first-order valence-corrected chi connectivity index (χ1v) is 6.47. The van der Waals surface area contributed by atoms with Crippen LogP contribution in [-0.2, 0) is 15.1 Å². The molecule has 0 N–H and O–H groups in total. The van der Waals surface area contributed by atoms with Gasteiger partial charge in [-0.2, -0.15) is 0 Å². The molecule has 0 aliphatic carbocycles. The van der Waals surface area contributed by atoms with Gasteiger partial charge in [0.15, 0.2) is 0 Å². The summed E-state index contributed by atoms with van der Waals surface area (Å²) in [7, 11) is 1.63. The number of carbonyl (C=O) groups excluding carboxylic acids is 2. The molecule has 4 nitrogen and oxygen atoms in total. The zero-order valence-corrected chi connectivity index (χ0v) is 11.1. The second-order valence-corrected chi connectivity index (χ2v) is 5.14. The second kappa shape index (κ2) is 3.69. The zero-order valence-electron chi connectivity index (χ0n) is 11.1. The summed E-state index contributed by atoms with van der Waals surface area (Å²) in [6.45, 7) is 0. The predicted molar refractivity (Wildman–Crippen MR) is 72.4 cm³/mol. The summed E-state index contributed by atoms with van der Waals surface area (Å²) in [4.78, 5) is 26.3. The SMILES string of the molecule is CN1C(=O)C2(OC(=O)c3cc(F)ccc32)c2ccccc21. The van der Waals surface area contributed by atoms with Crippen molar-refractivity contribution in [2.75, 3.05) is 11.9 Å². The maximum atomic E-state index is 13.4. The summed E-state index contributed by atoms with van der Waals surface area (Å²) >= 11 is 0. The summed E-state index contributed by atoms with van der Waals surface area (Å²) in [5.41, 5.74) is 0.318. The van der Waals surface area contributed by atoms with Crippen molar-refractivity contribution < 1.29 is 18.7 Å². The van der Waals surface area contributed by atoms with Gasteiger partial charge in [0.2, 0.25) is 5.60 Å². The highest BCUT2D eigenvalue weighted by molar-refractivity contribution is 6.14. The average molecular weight is 283 g/mol. The molecule has 1 spiro atoms. The van der Waals surface area contributed by atoms with E-state index in [1.54, 1.807) is 25.2 Å². The first kappa shape index (κ1) is 12.1. The lowest BCUT2D eigenvalue weighted by atomic mass is 9.86. The van der Waals surface area contributed by atoms with Gasteiger partial charge in [0, 0.05) is 18.2 Å². The van der Waals surface area contributed by atoms with Gasteiger partial charge in [-0.25, -0.2) is 9.18 Å². The number of hydrogen-bond acceptors (Lipinski definition) is 3. The Balaban J connectivity index is 2.07. The number of anilines is 1. The van der Waals surface area contributed by atoms with Gasteiger partial charge in [0.25, 0.3) is 5.91 Å². The van der Waals surface area contributed by atoms with Crippen LogP contribution in [0.5, 0.6) is 0 Å². The normalized spacial score (nSPS) is 22.5. The van der Waals surface area contributed by atoms with Crippen molar-refractivity contribution in [2.24, 2.45) is 0 Å². The maximum absolute atomic E-state index is 13.4. The number of rotatable bonds is 0. The molecule has 0 radical (unpaired) electrons. The minimum atomic E-state index is -1.48. The molecule has 2 aromatic carbocycles. The third kappa shape index (κ3) is 1.28. The van der Waals surface area contributed by atoms with Crippen molar-refractivity contribution in [3.05, 3.63) is 65.0 Å². The minimum Gasteiger partial charge on any atom is -0.435 e. The number of amides is 1. The average Bonchev–Trinajstić information content (AvgIpc) is 2.89. The van der Waals surface area contributed by atoms with E-state index in [1.807, 2.05) is 6.07 Å². The van der Waals surface area contributed by atoms with Crippen LogP contribution in [0.4, 0.5) is 10.1 Å². The van der Waals surface area contributed by atoms with E-state index >= 15 is 0 Å². The highest BCUT2D eigenvalue weighted by Crippen LogP contribution is 2.50. The van der Waals surface area contributed by atoms with Gasteiger partial charge in [-0.3, -0.25) is 4.79 Å². The number of ether oxygens (including phenoxy) is 1. The van der Waals surface area contributed by atoms with Crippen molar-refractivity contribution in [1.29, 1.82) is 0 Å². The van der Waals surface area contributed by atoms with E-state index in [9.17, 15) is 14.0 Å². The van der Waals surface area contributed by atoms with Gasteiger partial charge in [-0.05, 0) is 18.2 Å². The van der Waals surface area contributed by atoms with Crippen LogP contribution < -0.4 is 4.90 Å². The van der Waals surface area contributed by atoms with Crippen LogP contribution >= 0.6 is 0 Å². The van der Waals surface area contributed by atoms with Gasteiger partial charge in [-0.15, -0.1) is 0 Å². The van der Waals surface area contributed by atoms with E-state index < -0.39 is 17.4 Å². The van der Waals surface area contributed by atoms with Gasteiger partial charge in [0.05, 0.1) is 11.3 Å². The second-order valence-electron chi connectivity index (χ2n) is 5.14. The lowest BCUT2D eigenvalue weighted by Crippen LogP contribution is -2.39. The Morgan fingerprint density at radius 1 is 1.10 bits per heavy atom. The molecule has 1 amide bonds. The van der Waals surface area contributed by atoms with E-state index in [1.165, 1.54) is 17.0 Å². The maximum Gasteiger partial charge on any atom is 0.340 e. The molecule has 1 atom stereocenters. The molecule has 4 rings (SSSR count). The number of carbonyl (C=O) groups is 2. The fraction of sp³-hybridized carbons (Fsp3) is 0.125. The van der Waals surface area contributed by atoms with Crippen molar-refractivity contribution in [2.45, 2.75) is 5.60 Å². The van der Waals surface area contributed by atoms with Gasteiger partial charge < -0.3 is 9.64 Å². The van der Waals surface area contributed by atoms with E-state index in [-0.39, 0.29) is 11.5 Å². The Morgan fingerprint density at radius 2 is 1.86 bits per heavy atom. The number of halogens is 1. The Kier molecular flexibility index (Phi) is 2.12. The molecule has 0 aromatic heterocycles. The number of hydrogen-bond donors (Lipinski definition) is 0. The molecule has 0 bridgehead atoms.